The molecule has 0 saturated carbocycles. The molecule has 7 nitrogen and oxygen atoms in total. The van der Waals surface area contributed by atoms with Crippen molar-refractivity contribution in [1.82, 2.24) is 10.2 Å². The summed E-state index contributed by atoms with van der Waals surface area (Å²) >= 11 is 12.3. The number of aryl methyl sites for hydroxylation is 1. The second kappa shape index (κ2) is 15.9. The number of benzene rings is 4. The Morgan fingerprint density at radius 3 is 2.16 bits per heavy atom. The first kappa shape index (κ1) is 34.0. The molecule has 1 N–H and O–H groups in total. The van der Waals surface area contributed by atoms with E-state index in [0.717, 1.165) is 33.8 Å². The van der Waals surface area contributed by atoms with E-state index in [1.165, 1.54) is 35.2 Å². The molecule has 10 heteroatoms. The third-order valence-electron chi connectivity index (χ3n) is 7.35. The summed E-state index contributed by atoms with van der Waals surface area (Å²) in [6.45, 7) is 4.00. The Bertz CT molecular complexity index is 1680. The minimum atomic E-state index is -4.25. The Labute approximate surface area is 275 Å². The smallest absolute Gasteiger partial charge is 0.264 e. The lowest BCUT2D eigenvalue weighted by Crippen LogP contribution is -2.53. The topological polar surface area (TPSA) is 86.8 Å². The van der Waals surface area contributed by atoms with E-state index in [0.29, 0.717) is 16.6 Å². The molecule has 0 aromatic heterocycles. The fourth-order valence-electron chi connectivity index (χ4n) is 4.84. The average Bonchev–Trinajstić information content (AvgIpc) is 3.03. The number of unbranched alkanes of at least 4 members (excludes halogenated alkanes) is 1. The van der Waals surface area contributed by atoms with Gasteiger partial charge in [-0.2, -0.15) is 0 Å². The Morgan fingerprint density at radius 1 is 0.822 bits per heavy atom. The number of anilines is 1. The van der Waals surface area contributed by atoms with Crippen molar-refractivity contribution in [3.05, 3.63) is 130 Å². The molecule has 45 heavy (non-hydrogen) atoms. The average molecular weight is 667 g/mol. The van der Waals surface area contributed by atoms with Gasteiger partial charge in [-0.3, -0.25) is 13.9 Å². The van der Waals surface area contributed by atoms with Gasteiger partial charge < -0.3 is 10.2 Å². The predicted molar refractivity (Wildman–Crippen MR) is 181 cm³/mol. The standard InChI is InChI=1S/C35H37Cl2N3O4S/c1-3-4-21-38-35(42)33(22-27-9-6-5-7-10-27)39(24-28-15-13-26(2)14-16-28)34(41)25-40(31-12-8-11-30(37)23-31)45(43,44)32-19-17-29(36)18-20-32/h5-20,23,33H,3-4,21-22,24-25H2,1-2H3,(H,38,42)/t33-/m1/s1. The third kappa shape index (κ3) is 9.33. The minimum Gasteiger partial charge on any atom is -0.354 e. The molecule has 0 aliphatic carbocycles. The molecule has 0 aliphatic heterocycles. The van der Waals surface area contributed by atoms with E-state index in [9.17, 15) is 18.0 Å². The van der Waals surface area contributed by atoms with Crippen LogP contribution in [0.4, 0.5) is 5.69 Å². The van der Waals surface area contributed by atoms with Gasteiger partial charge in [0.2, 0.25) is 11.8 Å². The SMILES string of the molecule is CCCCNC(=O)[C@@H](Cc1ccccc1)N(Cc1ccc(C)cc1)C(=O)CN(c1cccc(Cl)c1)S(=O)(=O)c1ccc(Cl)cc1. The van der Waals surface area contributed by atoms with Crippen LogP contribution in [0.3, 0.4) is 0 Å². The molecule has 0 spiro atoms. The molecular weight excluding hydrogens is 629 g/mol. The molecule has 1 atom stereocenters. The molecule has 0 unspecified atom stereocenters. The molecule has 0 bridgehead atoms. The highest BCUT2D eigenvalue weighted by atomic mass is 35.5. The first-order chi connectivity index (χ1) is 21.6. The molecule has 0 heterocycles. The van der Waals surface area contributed by atoms with Gasteiger partial charge in [0.25, 0.3) is 10.0 Å². The largest absolute Gasteiger partial charge is 0.354 e. The fourth-order valence-corrected chi connectivity index (χ4v) is 6.56. The number of sulfonamides is 1. The zero-order valence-corrected chi connectivity index (χ0v) is 27.7. The van der Waals surface area contributed by atoms with Gasteiger partial charge in [0.1, 0.15) is 12.6 Å². The molecule has 0 saturated heterocycles. The second-order valence-corrected chi connectivity index (χ2v) is 13.5. The maximum Gasteiger partial charge on any atom is 0.264 e. The van der Waals surface area contributed by atoms with E-state index >= 15 is 0 Å². The summed E-state index contributed by atoms with van der Waals surface area (Å²) in [6.07, 6.45) is 1.93. The van der Waals surface area contributed by atoms with Crippen molar-refractivity contribution in [3.63, 3.8) is 0 Å². The zero-order valence-electron chi connectivity index (χ0n) is 25.3. The Kier molecular flexibility index (Phi) is 12.0. The van der Waals surface area contributed by atoms with Gasteiger partial charge in [0.05, 0.1) is 10.6 Å². The number of nitrogens with zero attached hydrogens (tertiary/aromatic N) is 2. The van der Waals surface area contributed by atoms with Crippen LogP contribution in [0.5, 0.6) is 0 Å². The van der Waals surface area contributed by atoms with Crippen LogP contribution >= 0.6 is 23.2 Å². The fraction of sp³-hybridized carbons (Fsp3) is 0.257. The van der Waals surface area contributed by atoms with Crippen molar-refractivity contribution >= 4 is 50.7 Å². The highest BCUT2D eigenvalue weighted by Gasteiger charge is 2.34. The van der Waals surface area contributed by atoms with Crippen LogP contribution in [0.1, 0.15) is 36.5 Å². The lowest BCUT2D eigenvalue weighted by Gasteiger charge is -2.34. The molecule has 0 radical (unpaired) electrons. The van der Waals surface area contributed by atoms with Crippen LogP contribution in [-0.4, -0.2) is 44.3 Å². The Morgan fingerprint density at radius 2 is 1.51 bits per heavy atom. The van der Waals surface area contributed by atoms with Crippen LogP contribution in [-0.2, 0) is 32.6 Å². The van der Waals surface area contributed by atoms with Crippen molar-refractivity contribution < 1.29 is 18.0 Å². The highest BCUT2D eigenvalue weighted by Crippen LogP contribution is 2.28. The van der Waals surface area contributed by atoms with Gasteiger partial charge in [-0.25, -0.2) is 8.42 Å². The second-order valence-electron chi connectivity index (χ2n) is 10.8. The summed E-state index contributed by atoms with van der Waals surface area (Å²) < 4.78 is 29.2. The van der Waals surface area contributed by atoms with Crippen molar-refractivity contribution in [3.8, 4) is 0 Å². The van der Waals surface area contributed by atoms with Crippen molar-refractivity contribution in [1.29, 1.82) is 0 Å². The van der Waals surface area contributed by atoms with Crippen LogP contribution in [0.15, 0.2) is 108 Å². The maximum absolute atomic E-state index is 14.5. The van der Waals surface area contributed by atoms with Crippen molar-refractivity contribution in [2.75, 3.05) is 17.4 Å². The quantitative estimate of drug-likeness (QED) is 0.146. The molecule has 4 aromatic rings. The number of carbonyl (C=O) groups excluding carboxylic acids is 2. The molecular formula is C35H37Cl2N3O4S. The predicted octanol–water partition coefficient (Wildman–Crippen LogP) is 7.05. The van der Waals surface area contributed by atoms with Gasteiger partial charge in [0, 0.05) is 29.6 Å². The first-order valence-electron chi connectivity index (χ1n) is 14.8. The van der Waals surface area contributed by atoms with Gasteiger partial charge in [0.15, 0.2) is 0 Å². The van der Waals surface area contributed by atoms with Gasteiger partial charge in [-0.05, 0) is 66.9 Å². The molecule has 236 valence electrons. The number of nitrogens with one attached hydrogen (secondary N) is 1. The summed E-state index contributed by atoms with van der Waals surface area (Å²) in [7, 11) is -4.25. The number of rotatable bonds is 14. The molecule has 0 fully saturated rings. The number of hydrogen-bond acceptors (Lipinski definition) is 4. The third-order valence-corrected chi connectivity index (χ3v) is 9.63. The number of amides is 2. The molecule has 4 aromatic carbocycles. The van der Waals surface area contributed by atoms with Crippen molar-refractivity contribution in [2.45, 2.75) is 50.6 Å². The summed E-state index contributed by atoms with van der Waals surface area (Å²) in [5.41, 5.74) is 2.95. The first-order valence-corrected chi connectivity index (χ1v) is 17.0. The number of halogens is 2. The molecule has 0 aliphatic rings. The van der Waals surface area contributed by atoms with E-state index in [1.54, 1.807) is 18.2 Å². The lowest BCUT2D eigenvalue weighted by atomic mass is 10.0. The summed E-state index contributed by atoms with van der Waals surface area (Å²) in [6, 6.07) is 28.3. The van der Waals surface area contributed by atoms with Crippen LogP contribution in [0, 0.1) is 6.92 Å². The van der Waals surface area contributed by atoms with Crippen molar-refractivity contribution in [2.24, 2.45) is 0 Å². The highest BCUT2D eigenvalue weighted by molar-refractivity contribution is 7.92. The van der Waals surface area contributed by atoms with Crippen LogP contribution in [0.25, 0.3) is 0 Å². The Hall–Kier alpha value is -3.85. The van der Waals surface area contributed by atoms with Crippen LogP contribution in [0.2, 0.25) is 10.0 Å². The molecule has 4 rings (SSSR count). The maximum atomic E-state index is 14.5. The van der Waals surface area contributed by atoms with Gasteiger partial charge in [-0.15, -0.1) is 0 Å². The van der Waals surface area contributed by atoms with E-state index in [1.807, 2.05) is 68.4 Å². The normalized spacial score (nSPS) is 11.9. The number of hydrogen-bond donors (Lipinski definition) is 1. The summed E-state index contributed by atoms with van der Waals surface area (Å²) in [4.78, 5) is 29.7. The summed E-state index contributed by atoms with van der Waals surface area (Å²) in [5.74, 6) is -0.845. The van der Waals surface area contributed by atoms with Gasteiger partial charge in [-0.1, -0.05) is 103 Å². The monoisotopic (exact) mass is 665 g/mol. The summed E-state index contributed by atoms with van der Waals surface area (Å²) in [5, 5.41) is 3.68. The van der Waals surface area contributed by atoms with Gasteiger partial charge >= 0.3 is 0 Å². The number of carbonyl (C=O) groups is 2. The van der Waals surface area contributed by atoms with Crippen LogP contribution < -0.4 is 9.62 Å². The molecule has 2 amide bonds. The zero-order chi connectivity index (χ0) is 32.4. The lowest BCUT2D eigenvalue weighted by molar-refractivity contribution is -0.140. The minimum absolute atomic E-state index is 0.0390. The van der Waals surface area contributed by atoms with E-state index < -0.39 is 28.5 Å². The van der Waals surface area contributed by atoms with E-state index in [4.69, 9.17) is 23.2 Å². The Balaban J connectivity index is 1.78. The van der Waals surface area contributed by atoms with E-state index in [2.05, 4.69) is 5.32 Å². The van der Waals surface area contributed by atoms with E-state index in [-0.39, 0.29) is 29.5 Å².